The van der Waals surface area contributed by atoms with Gasteiger partial charge in [-0.15, -0.1) is 11.3 Å². The number of nitrogens with zero attached hydrogens (tertiary/aromatic N) is 2. The lowest BCUT2D eigenvalue weighted by molar-refractivity contribution is -0.142. The van der Waals surface area contributed by atoms with E-state index in [1.165, 1.54) is 10.4 Å². The van der Waals surface area contributed by atoms with Crippen LogP contribution in [-0.4, -0.2) is 52.3 Å². The minimum absolute atomic E-state index is 0.00206. The Morgan fingerprint density at radius 3 is 2.58 bits per heavy atom. The van der Waals surface area contributed by atoms with Crippen LogP contribution in [0.25, 0.3) is 0 Å². The summed E-state index contributed by atoms with van der Waals surface area (Å²) in [6.45, 7) is 3.91. The van der Waals surface area contributed by atoms with Crippen LogP contribution in [0.15, 0.2) is 11.4 Å². The fourth-order valence-electron chi connectivity index (χ4n) is 3.48. The van der Waals surface area contributed by atoms with Crippen molar-refractivity contribution in [3.63, 3.8) is 0 Å². The molecule has 1 aromatic heterocycles. The molecule has 1 fully saturated rings. The monoisotopic (exact) mass is 350 g/mol. The predicted octanol–water partition coefficient (Wildman–Crippen LogP) is 1.59. The molecule has 1 aromatic rings. The minimum Gasteiger partial charge on any atom is -0.481 e. The van der Waals surface area contributed by atoms with Gasteiger partial charge in [-0.3, -0.25) is 14.4 Å². The Hall–Kier alpha value is -1.89. The second kappa shape index (κ2) is 6.93. The number of hydrogen-bond acceptors (Lipinski definition) is 4. The first kappa shape index (κ1) is 17.0. The molecule has 3 heterocycles. The molecule has 3 rings (SSSR count). The van der Waals surface area contributed by atoms with Crippen molar-refractivity contribution >= 4 is 29.1 Å². The molecule has 0 saturated carbocycles. The molecule has 2 aliphatic rings. The van der Waals surface area contributed by atoms with E-state index in [0.29, 0.717) is 19.6 Å². The summed E-state index contributed by atoms with van der Waals surface area (Å²) in [4.78, 5) is 40.5. The highest BCUT2D eigenvalue weighted by atomic mass is 32.1. The molecular weight excluding hydrogens is 328 g/mol. The predicted molar refractivity (Wildman–Crippen MR) is 89.5 cm³/mol. The van der Waals surface area contributed by atoms with Gasteiger partial charge in [-0.05, 0) is 29.3 Å². The highest BCUT2D eigenvalue weighted by Gasteiger charge is 2.36. The maximum atomic E-state index is 12.4. The van der Waals surface area contributed by atoms with E-state index in [9.17, 15) is 14.4 Å². The third kappa shape index (κ3) is 3.45. The van der Waals surface area contributed by atoms with Crippen LogP contribution in [0, 0.1) is 11.8 Å². The van der Waals surface area contributed by atoms with Gasteiger partial charge in [-0.1, -0.05) is 6.92 Å². The number of carboxylic acid groups (broad SMARTS) is 1. The van der Waals surface area contributed by atoms with Crippen LogP contribution in [0.4, 0.5) is 0 Å². The lowest BCUT2D eigenvalue weighted by atomic mass is 9.99. The quantitative estimate of drug-likeness (QED) is 0.894. The van der Waals surface area contributed by atoms with Gasteiger partial charge in [0.1, 0.15) is 0 Å². The first-order valence-electron chi connectivity index (χ1n) is 8.29. The van der Waals surface area contributed by atoms with E-state index < -0.39 is 11.9 Å². The molecule has 0 radical (unpaired) electrons. The van der Waals surface area contributed by atoms with Crippen LogP contribution >= 0.6 is 11.3 Å². The second-order valence-electron chi connectivity index (χ2n) is 6.66. The van der Waals surface area contributed by atoms with E-state index in [4.69, 9.17) is 5.11 Å². The van der Waals surface area contributed by atoms with Crippen molar-refractivity contribution in [2.75, 3.05) is 19.6 Å². The number of rotatable bonds is 4. The molecular formula is C17H22N2O4S. The molecule has 0 aliphatic carbocycles. The standard InChI is InChI=1S/C17H22N2O4S/c1-11-8-19(10-13(11)17(22)23)16(21)3-2-15(20)18-6-4-14-12(9-18)5-7-24-14/h5,7,11,13H,2-4,6,8-10H2,1H3,(H,22,23)/t11-,13-/m1/s1. The molecule has 130 valence electrons. The topological polar surface area (TPSA) is 77.9 Å². The largest absolute Gasteiger partial charge is 0.481 e. The first-order chi connectivity index (χ1) is 11.5. The summed E-state index contributed by atoms with van der Waals surface area (Å²) in [6.07, 6.45) is 1.24. The fraction of sp³-hybridized carbons (Fsp3) is 0.588. The summed E-state index contributed by atoms with van der Waals surface area (Å²) < 4.78 is 0. The van der Waals surface area contributed by atoms with Gasteiger partial charge in [0.05, 0.1) is 5.92 Å². The van der Waals surface area contributed by atoms with Gasteiger partial charge >= 0.3 is 5.97 Å². The molecule has 6 nitrogen and oxygen atoms in total. The number of aliphatic carboxylic acids is 1. The minimum atomic E-state index is -0.853. The molecule has 0 bridgehead atoms. The number of fused-ring (bicyclic) bond motifs is 1. The average Bonchev–Trinajstić information content (AvgIpc) is 3.17. The van der Waals surface area contributed by atoms with Crippen molar-refractivity contribution < 1.29 is 19.5 Å². The van der Waals surface area contributed by atoms with Crippen LogP contribution in [0.3, 0.4) is 0 Å². The molecule has 1 saturated heterocycles. The Labute approximate surface area is 145 Å². The summed E-state index contributed by atoms with van der Waals surface area (Å²) in [5, 5.41) is 11.2. The van der Waals surface area contributed by atoms with E-state index in [-0.39, 0.29) is 37.1 Å². The lowest BCUT2D eigenvalue weighted by Crippen LogP contribution is -2.36. The van der Waals surface area contributed by atoms with Crippen molar-refractivity contribution in [2.45, 2.75) is 32.7 Å². The SMILES string of the molecule is C[C@@H]1CN(C(=O)CCC(=O)N2CCc3sccc3C2)C[C@H]1C(=O)O. The van der Waals surface area contributed by atoms with E-state index >= 15 is 0 Å². The lowest BCUT2D eigenvalue weighted by Gasteiger charge is -2.27. The number of thiophene rings is 1. The molecule has 2 aliphatic heterocycles. The summed E-state index contributed by atoms with van der Waals surface area (Å²) in [6, 6.07) is 2.06. The molecule has 2 atom stereocenters. The van der Waals surface area contributed by atoms with Gasteiger partial charge in [-0.25, -0.2) is 0 Å². The maximum Gasteiger partial charge on any atom is 0.308 e. The average molecular weight is 350 g/mol. The van der Waals surface area contributed by atoms with Gasteiger partial charge in [0.25, 0.3) is 0 Å². The third-order valence-electron chi connectivity index (χ3n) is 5.00. The Morgan fingerprint density at radius 2 is 1.92 bits per heavy atom. The zero-order chi connectivity index (χ0) is 17.3. The van der Waals surface area contributed by atoms with Gasteiger partial charge in [-0.2, -0.15) is 0 Å². The van der Waals surface area contributed by atoms with Crippen molar-refractivity contribution in [1.82, 2.24) is 9.80 Å². The van der Waals surface area contributed by atoms with E-state index in [1.807, 2.05) is 11.8 Å². The highest BCUT2D eigenvalue weighted by molar-refractivity contribution is 7.10. The summed E-state index contributed by atoms with van der Waals surface area (Å²) in [7, 11) is 0. The fourth-order valence-corrected chi connectivity index (χ4v) is 4.37. The highest BCUT2D eigenvalue weighted by Crippen LogP contribution is 2.26. The van der Waals surface area contributed by atoms with Crippen molar-refractivity contribution in [3.05, 3.63) is 21.9 Å². The van der Waals surface area contributed by atoms with Gasteiger partial charge in [0, 0.05) is 43.9 Å². The molecule has 0 spiro atoms. The molecule has 2 amide bonds. The smallest absolute Gasteiger partial charge is 0.308 e. The van der Waals surface area contributed by atoms with Crippen molar-refractivity contribution in [2.24, 2.45) is 11.8 Å². The van der Waals surface area contributed by atoms with Gasteiger partial charge < -0.3 is 14.9 Å². The molecule has 7 heteroatoms. The third-order valence-corrected chi connectivity index (χ3v) is 6.02. The molecule has 1 N–H and O–H groups in total. The Morgan fingerprint density at radius 1 is 1.21 bits per heavy atom. The molecule has 24 heavy (non-hydrogen) atoms. The zero-order valence-electron chi connectivity index (χ0n) is 13.7. The number of carbonyl (C=O) groups excluding carboxylic acids is 2. The maximum absolute atomic E-state index is 12.4. The Balaban J connectivity index is 1.48. The van der Waals surface area contributed by atoms with E-state index in [1.54, 1.807) is 16.2 Å². The molecule has 0 unspecified atom stereocenters. The summed E-state index contributed by atoms with van der Waals surface area (Å²) in [5.74, 6) is -1.51. The Bertz CT molecular complexity index is 657. The van der Waals surface area contributed by atoms with E-state index in [2.05, 4.69) is 11.4 Å². The first-order valence-corrected chi connectivity index (χ1v) is 9.17. The zero-order valence-corrected chi connectivity index (χ0v) is 14.6. The van der Waals surface area contributed by atoms with Gasteiger partial charge in [0.2, 0.25) is 11.8 Å². The van der Waals surface area contributed by atoms with Crippen molar-refractivity contribution in [1.29, 1.82) is 0 Å². The number of likely N-dealkylation sites (tertiary alicyclic amines) is 1. The number of carboxylic acids is 1. The summed E-state index contributed by atoms with van der Waals surface area (Å²) in [5.41, 5.74) is 1.21. The number of hydrogen-bond donors (Lipinski definition) is 1. The number of carbonyl (C=O) groups is 3. The normalized spacial score (nSPS) is 23.2. The van der Waals surface area contributed by atoms with Crippen LogP contribution in [0.1, 0.15) is 30.2 Å². The van der Waals surface area contributed by atoms with Crippen LogP contribution in [0.5, 0.6) is 0 Å². The summed E-state index contributed by atoms with van der Waals surface area (Å²) >= 11 is 1.73. The van der Waals surface area contributed by atoms with Crippen LogP contribution < -0.4 is 0 Å². The van der Waals surface area contributed by atoms with Gasteiger partial charge in [0.15, 0.2) is 0 Å². The van der Waals surface area contributed by atoms with Crippen LogP contribution in [0.2, 0.25) is 0 Å². The second-order valence-corrected chi connectivity index (χ2v) is 7.66. The number of amides is 2. The van der Waals surface area contributed by atoms with Crippen molar-refractivity contribution in [3.8, 4) is 0 Å². The van der Waals surface area contributed by atoms with E-state index in [0.717, 1.165) is 6.42 Å². The molecule has 0 aromatic carbocycles. The Kier molecular flexibility index (Phi) is 4.89. The van der Waals surface area contributed by atoms with Crippen LogP contribution in [-0.2, 0) is 27.3 Å².